The van der Waals surface area contributed by atoms with E-state index >= 15 is 0 Å². The van der Waals surface area contributed by atoms with Crippen LogP contribution in [0.2, 0.25) is 0 Å². The first kappa shape index (κ1) is 73.7. The van der Waals surface area contributed by atoms with E-state index in [0.717, 1.165) is 0 Å². The summed E-state index contributed by atoms with van der Waals surface area (Å²) in [7, 11) is 0. The monoisotopic (exact) mass is 3150 g/mol. The van der Waals surface area contributed by atoms with Gasteiger partial charge in [-0.15, -0.1) is 0 Å². The average Bonchev–Trinajstić information content (AvgIpc) is 2.94. The first-order valence-electron chi connectivity index (χ1n) is 11.4. The molecular formula is C18Br37O. The summed E-state index contributed by atoms with van der Waals surface area (Å²) in [6.45, 7) is 0. The van der Waals surface area contributed by atoms with Gasteiger partial charge in [0.25, 0.3) is 0 Å². The van der Waals surface area contributed by atoms with Crippen molar-refractivity contribution in [3.63, 3.8) is 0 Å². The molecule has 0 aliphatic heterocycles. The normalized spacial score (nSPS) is 17.5. The van der Waals surface area contributed by atoms with E-state index in [9.17, 15) is 5.11 Å². The fourth-order valence-corrected chi connectivity index (χ4v) is 40.0. The van der Waals surface area contributed by atoms with Gasteiger partial charge in [0.1, 0.15) is 48.5 Å². The summed E-state index contributed by atoms with van der Waals surface area (Å²) >= 11 is 142. The summed E-state index contributed by atoms with van der Waals surface area (Å²) in [5.74, 6) is 0. The van der Waals surface area contributed by atoms with Gasteiger partial charge in [0.05, 0.1) is 0 Å². The lowest BCUT2D eigenvalue weighted by molar-refractivity contribution is 0.137. The van der Waals surface area contributed by atoms with Crippen molar-refractivity contribution < 1.29 is 5.11 Å². The Balaban J connectivity index is 7.85. The first-order chi connectivity index (χ1) is 23.2. The van der Waals surface area contributed by atoms with Crippen molar-refractivity contribution in [1.29, 1.82) is 0 Å². The first-order valence-corrected chi connectivity index (χ1v) is 40.8. The van der Waals surface area contributed by atoms with Gasteiger partial charge in [-0.3, -0.25) is 0 Å². The van der Waals surface area contributed by atoms with Crippen LogP contribution in [0.15, 0.2) is 0 Å². The molecule has 1 radical (unpaired) electrons. The molecule has 0 saturated carbocycles. The summed E-state index contributed by atoms with van der Waals surface area (Å²) < 4.78 is -24.3. The number of hydrogen-bond acceptors (Lipinski definition) is 0. The molecule has 0 spiro atoms. The topological polar surface area (TPSA) is 19.9 Å². The largest absolute Gasteiger partial charge is 0.239 e. The Kier molecular flexibility index (Phi) is 31.2. The Morgan fingerprint density at radius 1 is 0.143 bits per heavy atom. The molecule has 38 heteroatoms. The lowest BCUT2D eigenvalue weighted by atomic mass is 10.0. The van der Waals surface area contributed by atoms with E-state index in [4.69, 9.17) is 0 Å². The molecule has 337 valence electrons. The fraction of sp³-hybridized carbons (Fsp3) is 1.00. The predicted molar refractivity (Wildman–Crippen MR) is 380 cm³/mol. The molecule has 0 unspecified atom stereocenters. The minimum absolute atomic E-state index is 0.922. The molecule has 1 nitrogen and oxygen atoms in total. The standard InChI is InChI=1S/C18Br37O/c19-1(20,3(23,24)5(27,28)7(31,32)9(35,36)11(39,40)13(43,44)15(47,48)17(51,52)53)2(21,22)4(25,26)6(29,30)8(33,34)10(37,38)12(41,42)14(45,46)16(49,50)18(54,55)56. The van der Waals surface area contributed by atoms with Crippen molar-refractivity contribution in [1.82, 2.24) is 0 Å². The summed E-state index contributed by atoms with van der Waals surface area (Å²) in [6, 6.07) is 0. The maximum Gasteiger partial charge on any atom is 0.239 e. The van der Waals surface area contributed by atoms with Crippen LogP contribution in [0.3, 0.4) is 0 Å². The van der Waals surface area contributed by atoms with Crippen LogP contribution in [-0.4, -0.2) is 57.3 Å². The van der Waals surface area contributed by atoms with Gasteiger partial charge in [-0.2, -0.15) is 0 Å². The molecule has 0 aromatic heterocycles. The second kappa shape index (κ2) is 23.7. The van der Waals surface area contributed by atoms with Crippen molar-refractivity contribution in [2.24, 2.45) is 0 Å². The molecule has 0 aliphatic carbocycles. The lowest BCUT2D eigenvalue weighted by Gasteiger charge is -2.62. The van der Waals surface area contributed by atoms with Gasteiger partial charge in [-0.1, -0.05) is 558 Å². The average molecular weight is 3190 g/mol. The smallest absolute Gasteiger partial charge is 0.202 e. The van der Waals surface area contributed by atoms with Crippen molar-refractivity contribution in [2.45, 2.75) is 57.3 Å². The van der Waals surface area contributed by atoms with E-state index in [0.29, 0.717) is 0 Å². The molecule has 0 heterocycles. The zero-order valence-electron chi connectivity index (χ0n) is 23.4. The van der Waals surface area contributed by atoms with Crippen LogP contribution in [0.4, 0.5) is 0 Å². The molecule has 0 aromatic rings. The minimum atomic E-state index is -1.97. The molecule has 56 heavy (non-hydrogen) atoms. The van der Waals surface area contributed by atoms with E-state index < -0.39 is 57.3 Å². The van der Waals surface area contributed by atoms with Crippen LogP contribution in [0, 0.1) is 0 Å². The number of hydrogen-bond donors (Lipinski definition) is 0. The Bertz CT molecular complexity index is 1330. The summed E-state index contributed by atoms with van der Waals surface area (Å²) in [6.07, 6.45) is 0. The zero-order chi connectivity index (χ0) is 47.0. The molecule has 0 atom stereocenters. The van der Waals surface area contributed by atoms with Crippen molar-refractivity contribution in [3.05, 3.63) is 0 Å². The van der Waals surface area contributed by atoms with Crippen molar-refractivity contribution in [3.8, 4) is 0 Å². The second-order valence-corrected chi connectivity index (χ2v) is 75.4. The predicted octanol–water partition coefficient (Wildman–Crippen LogP) is 27.5. The van der Waals surface area contributed by atoms with Crippen LogP contribution in [-0.2, 0) is 5.11 Å². The van der Waals surface area contributed by atoms with Gasteiger partial charge < -0.3 is 0 Å². The number of halogens is 37. The third kappa shape index (κ3) is 12.3. The summed E-state index contributed by atoms with van der Waals surface area (Å²) in [5, 5.41) is 13.4. The maximum atomic E-state index is 13.4. The van der Waals surface area contributed by atoms with Crippen LogP contribution in [0.5, 0.6) is 0 Å². The molecule has 0 aliphatic rings. The third-order valence-corrected chi connectivity index (χ3v) is 84.8. The molecule has 0 amide bonds. The Labute approximate surface area is 635 Å². The number of alkyl halides is 37. The van der Waals surface area contributed by atoms with E-state index in [-0.39, 0.29) is 0 Å². The van der Waals surface area contributed by atoms with Crippen molar-refractivity contribution in [2.75, 3.05) is 0 Å². The molecule has 0 rings (SSSR count). The van der Waals surface area contributed by atoms with Gasteiger partial charge in [-0.05, 0) is 31.9 Å². The Morgan fingerprint density at radius 3 is 0.321 bits per heavy atom. The van der Waals surface area contributed by atoms with E-state index in [1.165, 1.54) is 0 Å². The lowest BCUT2D eigenvalue weighted by Crippen LogP contribution is -2.74. The number of rotatable bonds is 16. The van der Waals surface area contributed by atoms with E-state index in [1.807, 2.05) is 0 Å². The third-order valence-electron chi connectivity index (χ3n) is 6.64. The summed E-state index contributed by atoms with van der Waals surface area (Å²) in [4.78, 5) is 0. The van der Waals surface area contributed by atoms with Gasteiger partial charge in [0, 0.05) is 0 Å². The molecule has 0 N–H and O–H groups in total. The second-order valence-electron chi connectivity index (χ2n) is 10.2. The summed E-state index contributed by atoms with van der Waals surface area (Å²) in [5.41, 5.74) is 0. The van der Waals surface area contributed by atoms with Crippen LogP contribution >= 0.6 is 589 Å². The maximum absolute atomic E-state index is 13.4. The highest BCUT2D eigenvalue weighted by Crippen LogP contribution is 2.84. The Morgan fingerprint density at radius 2 is 0.232 bits per heavy atom. The highest BCUT2D eigenvalue weighted by atomic mass is 80.0. The van der Waals surface area contributed by atoms with E-state index in [1.54, 1.807) is 0 Å². The van der Waals surface area contributed by atoms with Gasteiger partial charge in [0.2, 0.25) is 3.42 Å². The molecule has 0 saturated heterocycles. The van der Waals surface area contributed by atoms with Crippen LogP contribution in [0.25, 0.3) is 0 Å². The van der Waals surface area contributed by atoms with Crippen LogP contribution in [0.1, 0.15) is 0 Å². The van der Waals surface area contributed by atoms with Gasteiger partial charge in [0.15, 0.2) is 5.38 Å². The van der Waals surface area contributed by atoms with Crippen LogP contribution < -0.4 is 0 Å². The van der Waals surface area contributed by atoms with Crippen molar-refractivity contribution >= 4 is 589 Å². The zero-order valence-corrected chi connectivity index (χ0v) is 82.1. The molecule has 0 bridgehead atoms. The highest BCUT2D eigenvalue weighted by molar-refractivity contribution is 9.43. The SMILES string of the molecule is [O]C(Br)(Br)C(Br)(Br)C(Br)(Br)C(Br)(Br)C(Br)(Br)C(Br)(Br)C(Br)(Br)C(Br)(Br)C(Br)(Br)C(Br)(Br)C(Br)(Br)C(Br)(Br)C(Br)(Br)C(Br)(Br)C(Br)(Br)C(Br)(Br)C(Br)(Br)C(Br)(Br)Br. The minimum Gasteiger partial charge on any atom is -0.202 e. The highest BCUT2D eigenvalue weighted by Gasteiger charge is 2.84. The molecule has 0 fully saturated rings. The Hall–Kier alpha value is 17.7. The quantitative estimate of drug-likeness (QED) is 0.137. The van der Waals surface area contributed by atoms with E-state index in [2.05, 4.69) is 589 Å². The fourth-order valence-electron chi connectivity index (χ4n) is 3.12. The van der Waals surface area contributed by atoms with Gasteiger partial charge in [-0.25, -0.2) is 5.11 Å². The molecular weight excluding hydrogens is 3190 g/mol. The van der Waals surface area contributed by atoms with Gasteiger partial charge >= 0.3 is 0 Å². The molecule has 0 aromatic carbocycles.